The highest BCUT2D eigenvalue weighted by Gasteiger charge is 2.40. The Morgan fingerprint density at radius 1 is 1.17 bits per heavy atom. The van der Waals surface area contributed by atoms with Crippen molar-refractivity contribution in [3.8, 4) is 0 Å². The second kappa shape index (κ2) is 7.74. The molecule has 29 heavy (non-hydrogen) atoms. The van der Waals surface area contributed by atoms with E-state index in [1.807, 2.05) is 30.5 Å². The predicted molar refractivity (Wildman–Crippen MR) is 116 cm³/mol. The third-order valence-electron chi connectivity index (χ3n) is 4.98. The van der Waals surface area contributed by atoms with Gasteiger partial charge in [-0.25, -0.2) is 9.37 Å². The summed E-state index contributed by atoms with van der Waals surface area (Å²) in [6.45, 7) is 4.07. The van der Waals surface area contributed by atoms with Crippen molar-refractivity contribution in [2.24, 2.45) is 0 Å². The molecule has 4 rings (SSSR count). The van der Waals surface area contributed by atoms with Crippen LogP contribution in [0.2, 0.25) is 10.0 Å². The first-order valence-corrected chi connectivity index (χ1v) is 10.6. The third kappa shape index (κ3) is 3.47. The summed E-state index contributed by atoms with van der Waals surface area (Å²) in [5, 5.41) is 0.546. The van der Waals surface area contributed by atoms with Gasteiger partial charge in [-0.15, -0.1) is 0 Å². The maximum absolute atomic E-state index is 15.0. The van der Waals surface area contributed by atoms with Crippen LogP contribution in [0.4, 0.5) is 10.1 Å². The standard InChI is InChI=1S/C21H17BrCl2FN3O/c1-11(2)27-20-15(26-21(27)22)10-17(29)28(16-5-3-4-14(24)18(16)25)19(20)12-6-8-13(23)9-7-12/h3-9,11,19H,10H2,1-2H3. The van der Waals surface area contributed by atoms with Crippen LogP contribution in [0.3, 0.4) is 0 Å². The maximum Gasteiger partial charge on any atom is 0.234 e. The highest BCUT2D eigenvalue weighted by atomic mass is 79.9. The molecule has 2 aromatic carbocycles. The van der Waals surface area contributed by atoms with E-state index in [2.05, 4.69) is 20.9 Å². The van der Waals surface area contributed by atoms with Crippen molar-refractivity contribution in [2.75, 3.05) is 4.90 Å². The number of fused-ring (bicyclic) bond motifs is 1. The Balaban J connectivity index is 2.01. The molecule has 0 saturated heterocycles. The van der Waals surface area contributed by atoms with Gasteiger partial charge in [0.25, 0.3) is 0 Å². The number of rotatable bonds is 3. The number of nitrogens with zero attached hydrogens (tertiary/aromatic N) is 3. The molecule has 0 saturated carbocycles. The highest BCUT2D eigenvalue weighted by molar-refractivity contribution is 9.10. The average molecular weight is 497 g/mol. The Bertz CT molecular complexity index is 1100. The molecule has 1 aromatic heterocycles. The monoisotopic (exact) mass is 495 g/mol. The molecule has 1 aliphatic heterocycles. The number of hydrogen-bond donors (Lipinski definition) is 0. The van der Waals surface area contributed by atoms with Crippen LogP contribution in [-0.4, -0.2) is 15.5 Å². The van der Waals surface area contributed by atoms with Crippen LogP contribution in [0.15, 0.2) is 47.2 Å². The first kappa shape index (κ1) is 20.4. The normalized spacial score (nSPS) is 16.4. The second-order valence-electron chi connectivity index (χ2n) is 7.14. The van der Waals surface area contributed by atoms with Gasteiger partial charge in [0.15, 0.2) is 10.6 Å². The topological polar surface area (TPSA) is 38.1 Å². The SMILES string of the molecule is CC(C)n1c(Br)nc2c1C(c1ccc(Cl)cc1)N(c1cccc(Cl)c1F)C(=O)C2. The van der Waals surface area contributed by atoms with Gasteiger partial charge in [-0.3, -0.25) is 9.69 Å². The number of benzene rings is 2. The molecule has 8 heteroatoms. The van der Waals surface area contributed by atoms with Gasteiger partial charge in [-0.1, -0.05) is 41.4 Å². The molecule has 3 aromatic rings. The van der Waals surface area contributed by atoms with Gasteiger partial charge < -0.3 is 4.57 Å². The minimum atomic E-state index is -0.625. The average Bonchev–Trinajstić information content (AvgIpc) is 2.99. The molecule has 150 valence electrons. The number of hydrogen-bond acceptors (Lipinski definition) is 2. The summed E-state index contributed by atoms with van der Waals surface area (Å²) in [6.07, 6.45) is 0.0731. The van der Waals surface area contributed by atoms with Crippen molar-refractivity contribution in [3.05, 3.63) is 80.0 Å². The lowest BCUT2D eigenvalue weighted by Gasteiger charge is -2.37. The number of carbonyl (C=O) groups is 1. The molecule has 0 radical (unpaired) electrons. The summed E-state index contributed by atoms with van der Waals surface area (Å²) in [5.74, 6) is -0.876. The summed E-state index contributed by atoms with van der Waals surface area (Å²) < 4.78 is 17.6. The molecule has 1 atom stereocenters. The van der Waals surface area contributed by atoms with E-state index in [-0.39, 0.29) is 29.1 Å². The van der Waals surface area contributed by atoms with Crippen molar-refractivity contribution in [2.45, 2.75) is 32.4 Å². The lowest BCUT2D eigenvalue weighted by molar-refractivity contribution is -0.118. The molecule has 4 nitrogen and oxygen atoms in total. The summed E-state index contributed by atoms with van der Waals surface area (Å²) in [7, 11) is 0. The van der Waals surface area contributed by atoms with E-state index in [9.17, 15) is 9.18 Å². The van der Waals surface area contributed by atoms with E-state index < -0.39 is 11.9 Å². The first-order chi connectivity index (χ1) is 13.8. The van der Waals surface area contributed by atoms with Crippen molar-refractivity contribution in [1.82, 2.24) is 9.55 Å². The zero-order chi connectivity index (χ0) is 20.9. The van der Waals surface area contributed by atoms with Crippen LogP contribution in [0, 0.1) is 5.82 Å². The zero-order valence-corrected chi connectivity index (χ0v) is 18.8. The van der Waals surface area contributed by atoms with Crippen LogP contribution in [0.5, 0.6) is 0 Å². The van der Waals surface area contributed by atoms with Gasteiger partial charge in [-0.05, 0) is 59.6 Å². The molecule has 0 N–H and O–H groups in total. The van der Waals surface area contributed by atoms with Crippen LogP contribution in [0.25, 0.3) is 0 Å². The fourth-order valence-corrected chi connectivity index (χ4v) is 4.88. The Kier molecular flexibility index (Phi) is 5.44. The fourth-order valence-electron chi connectivity index (χ4n) is 3.77. The van der Waals surface area contributed by atoms with E-state index in [0.29, 0.717) is 15.5 Å². The van der Waals surface area contributed by atoms with Gasteiger partial charge in [0, 0.05) is 11.1 Å². The molecule has 1 unspecified atom stereocenters. The third-order valence-corrected chi connectivity index (χ3v) is 6.08. The van der Waals surface area contributed by atoms with Gasteiger partial charge in [0.05, 0.1) is 28.5 Å². The van der Waals surface area contributed by atoms with E-state index in [4.69, 9.17) is 23.2 Å². The van der Waals surface area contributed by atoms with Gasteiger partial charge in [0.1, 0.15) is 6.04 Å². The number of halogens is 4. The Morgan fingerprint density at radius 3 is 2.52 bits per heavy atom. The summed E-state index contributed by atoms with van der Waals surface area (Å²) in [6, 6.07) is 11.4. The van der Waals surface area contributed by atoms with Crippen molar-refractivity contribution in [1.29, 1.82) is 0 Å². The minimum Gasteiger partial charge on any atom is -0.318 e. The second-order valence-corrected chi connectivity index (χ2v) is 8.70. The number of carbonyl (C=O) groups excluding carboxylic acids is 1. The first-order valence-electron chi connectivity index (χ1n) is 9.07. The highest BCUT2D eigenvalue weighted by Crippen LogP contribution is 2.43. The Hall–Kier alpha value is -1.89. The molecular formula is C21H17BrCl2FN3O. The molecule has 0 aliphatic carbocycles. The predicted octanol–water partition coefficient (Wildman–Crippen LogP) is 6.35. The number of amides is 1. The lowest BCUT2D eigenvalue weighted by Crippen LogP contribution is -2.42. The molecular weight excluding hydrogens is 480 g/mol. The number of anilines is 1. The lowest BCUT2D eigenvalue weighted by atomic mass is 9.93. The van der Waals surface area contributed by atoms with E-state index in [0.717, 1.165) is 11.3 Å². The van der Waals surface area contributed by atoms with Crippen LogP contribution in [0.1, 0.15) is 42.9 Å². The van der Waals surface area contributed by atoms with E-state index in [1.54, 1.807) is 24.3 Å². The van der Waals surface area contributed by atoms with Gasteiger partial charge in [0.2, 0.25) is 5.91 Å². The van der Waals surface area contributed by atoms with E-state index >= 15 is 0 Å². The largest absolute Gasteiger partial charge is 0.318 e. The van der Waals surface area contributed by atoms with Crippen molar-refractivity contribution < 1.29 is 9.18 Å². The molecule has 0 bridgehead atoms. The Morgan fingerprint density at radius 2 is 1.86 bits per heavy atom. The van der Waals surface area contributed by atoms with Crippen molar-refractivity contribution >= 4 is 50.7 Å². The molecule has 1 amide bonds. The number of imidazole rings is 1. The smallest absolute Gasteiger partial charge is 0.234 e. The molecule has 0 spiro atoms. The van der Waals surface area contributed by atoms with Gasteiger partial charge >= 0.3 is 0 Å². The summed E-state index contributed by atoms with van der Waals surface area (Å²) in [5.41, 5.74) is 2.46. The van der Waals surface area contributed by atoms with Crippen LogP contribution in [-0.2, 0) is 11.2 Å². The van der Waals surface area contributed by atoms with Crippen LogP contribution >= 0.6 is 39.1 Å². The molecule has 1 aliphatic rings. The number of aromatic nitrogens is 2. The van der Waals surface area contributed by atoms with E-state index in [1.165, 1.54) is 11.0 Å². The van der Waals surface area contributed by atoms with Crippen molar-refractivity contribution in [3.63, 3.8) is 0 Å². The van der Waals surface area contributed by atoms with Crippen LogP contribution < -0.4 is 4.90 Å². The quantitative estimate of drug-likeness (QED) is 0.423. The summed E-state index contributed by atoms with van der Waals surface area (Å²) >= 11 is 15.6. The fraction of sp³-hybridized carbons (Fsp3) is 0.238. The zero-order valence-electron chi connectivity index (χ0n) is 15.7. The Labute approximate surface area is 186 Å². The molecule has 0 fully saturated rings. The molecule has 2 heterocycles. The van der Waals surface area contributed by atoms with Gasteiger partial charge in [-0.2, -0.15) is 0 Å². The summed E-state index contributed by atoms with van der Waals surface area (Å²) in [4.78, 5) is 19.2. The maximum atomic E-state index is 15.0. The minimum absolute atomic E-state index is 0.0329.